The molecule has 41 heavy (non-hydrogen) atoms. The number of aryl methyl sites for hydroxylation is 2. The molecule has 0 aliphatic carbocycles. The van der Waals surface area contributed by atoms with Crippen molar-refractivity contribution in [3.63, 3.8) is 0 Å². The van der Waals surface area contributed by atoms with E-state index < -0.39 is 45.0 Å². The first kappa shape index (κ1) is 30.2. The first-order valence-corrected chi connectivity index (χ1v) is 17.9. The molecule has 0 unspecified atom stereocenters. The minimum Gasteiger partial charge on any atom is -0.379 e. The fourth-order valence-corrected chi connectivity index (χ4v) is 9.19. The Kier molecular flexibility index (Phi) is 8.32. The average Bonchev–Trinajstić information content (AvgIpc) is 2.89. The number of hydrogen-bond donors (Lipinski definition) is 0. The standard InChI is InChI=1S/C27H24O10S4/c1-20-3-11-26(12-4-20)40(32,33)36-22-7-15-24(16-8-22)38(28,29)19-39(30,31)25-17-9-23(10-18-25)37-41(34,35)27-13-5-21(2)6-14-27/h3-18H,19H2,1-2H3. The summed E-state index contributed by atoms with van der Waals surface area (Å²) in [5.41, 5.74) is 1.70. The van der Waals surface area contributed by atoms with Crippen molar-refractivity contribution in [2.45, 2.75) is 33.4 Å². The van der Waals surface area contributed by atoms with Crippen molar-refractivity contribution in [3.8, 4) is 11.5 Å². The Balaban J connectivity index is 1.46. The quantitative estimate of drug-likeness (QED) is 0.233. The zero-order chi connectivity index (χ0) is 30.1. The van der Waals surface area contributed by atoms with Gasteiger partial charge < -0.3 is 8.37 Å². The zero-order valence-corrected chi connectivity index (χ0v) is 24.9. The van der Waals surface area contributed by atoms with Crippen LogP contribution in [-0.2, 0) is 39.9 Å². The lowest BCUT2D eigenvalue weighted by atomic mass is 10.2. The van der Waals surface area contributed by atoms with Gasteiger partial charge in [0.15, 0.2) is 24.8 Å². The van der Waals surface area contributed by atoms with Crippen LogP contribution in [0.25, 0.3) is 0 Å². The molecule has 0 amide bonds. The summed E-state index contributed by atoms with van der Waals surface area (Å²) < 4.78 is 111. The molecule has 0 aliphatic heterocycles. The molecule has 0 saturated heterocycles. The lowest BCUT2D eigenvalue weighted by Gasteiger charge is -2.10. The van der Waals surface area contributed by atoms with E-state index in [4.69, 9.17) is 8.37 Å². The fraction of sp³-hybridized carbons (Fsp3) is 0.111. The predicted molar refractivity (Wildman–Crippen MR) is 150 cm³/mol. The van der Waals surface area contributed by atoms with Crippen molar-refractivity contribution in [2.24, 2.45) is 0 Å². The molecule has 0 aromatic heterocycles. The Morgan fingerprint density at radius 3 is 0.976 bits per heavy atom. The molecule has 216 valence electrons. The summed E-state index contributed by atoms with van der Waals surface area (Å²) >= 11 is 0. The monoisotopic (exact) mass is 636 g/mol. The lowest BCUT2D eigenvalue weighted by Crippen LogP contribution is -2.17. The van der Waals surface area contributed by atoms with Crippen molar-refractivity contribution in [2.75, 3.05) is 5.08 Å². The Morgan fingerprint density at radius 1 is 0.415 bits per heavy atom. The molecule has 10 nitrogen and oxygen atoms in total. The summed E-state index contributed by atoms with van der Waals surface area (Å²) in [6.07, 6.45) is 0. The first-order valence-electron chi connectivity index (χ1n) is 11.8. The molecular formula is C27H24O10S4. The van der Waals surface area contributed by atoms with Crippen LogP contribution in [0, 0.1) is 13.8 Å². The van der Waals surface area contributed by atoms with Gasteiger partial charge in [-0.25, -0.2) is 16.8 Å². The smallest absolute Gasteiger partial charge is 0.339 e. The van der Waals surface area contributed by atoms with Crippen molar-refractivity contribution in [3.05, 3.63) is 108 Å². The van der Waals surface area contributed by atoms with Crippen molar-refractivity contribution >= 4 is 39.9 Å². The highest BCUT2D eigenvalue weighted by Gasteiger charge is 2.27. The Morgan fingerprint density at radius 2 is 0.683 bits per heavy atom. The van der Waals surface area contributed by atoms with E-state index in [1.807, 2.05) is 0 Å². The van der Waals surface area contributed by atoms with Gasteiger partial charge in [0.05, 0.1) is 9.79 Å². The van der Waals surface area contributed by atoms with Crippen LogP contribution in [0.5, 0.6) is 11.5 Å². The van der Waals surface area contributed by atoms with Crippen molar-refractivity contribution < 1.29 is 42.0 Å². The zero-order valence-electron chi connectivity index (χ0n) is 21.7. The SMILES string of the molecule is Cc1ccc(S(=O)(=O)Oc2ccc(S(=O)(=O)CS(=O)(=O)c3ccc(OS(=O)(=O)c4ccc(C)cc4)cc3)cc2)cc1. The topological polar surface area (TPSA) is 155 Å². The van der Waals surface area contributed by atoms with Crippen molar-refractivity contribution in [1.29, 1.82) is 0 Å². The summed E-state index contributed by atoms with van der Waals surface area (Å²) in [6.45, 7) is 3.58. The molecule has 0 aliphatic rings. The van der Waals surface area contributed by atoms with E-state index in [1.54, 1.807) is 38.1 Å². The highest BCUT2D eigenvalue weighted by molar-refractivity contribution is 8.08. The Hall–Kier alpha value is -3.72. The molecule has 0 saturated carbocycles. The number of sulfone groups is 2. The third-order valence-corrected chi connectivity index (χ3v) is 12.7. The Bertz CT molecular complexity index is 1830. The van der Waals surface area contributed by atoms with Crippen LogP contribution < -0.4 is 8.37 Å². The predicted octanol–water partition coefficient (Wildman–Crippen LogP) is 4.04. The van der Waals surface area contributed by atoms with Crippen molar-refractivity contribution in [1.82, 2.24) is 0 Å². The van der Waals surface area contributed by atoms with Gasteiger partial charge in [0.1, 0.15) is 21.3 Å². The molecule has 0 spiro atoms. The van der Waals surface area contributed by atoms with E-state index in [-0.39, 0.29) is 31.1 Å². The number of hydrogen-bond acceptors (Lipinski definition) is 10. The fourth-order valence-electron chi connectivity index (χ4n) is 3.50. The molecule has 0 fully saturated rings. The van der Waals surface area contributed by atoms with E-state index in [1.165, 1.54) is 24.3 Å². The van der Waals surface area contributed by atoms with E-state index in [0.29, 0.717) is 0 Å². The summed E-state index contributed by atoms with van der Waals surface area (Å²) in [6, 6.07) is 20.4. The maximum atomic E-state index is 12.9. The molecule has 0 radical (unpaired) electrons. The van der Waals surface area contributed by atoms with Crippen LogP contribution in [0.2, 0.25) is 0 Å². The van der Waals surface area contributed by atoms with Crippen LogP contribution in [0.3, 0.4) is 0 Å². The van der Waals surface area contributed by atoms with Gasteiger partial charge in [0.2, 0.25) is 0 Å². The van der Waals surface area contributed by atoms with Crippen LogP contribution in [0.1, 0.15) is 11.1 Å². The summed E-state index contributed by atoms with van der Waals surface area (Å²) in [5.74, 6) is -0.327. The maximum Gasteiger partial charge on any atom is 0.339 e. The number of benzene rings is 4. The second-order valence-corrected chi connectivity index (χ2v) is 16.4. The van der Waals surface area contributed by atoms with E-state index in [9.17, 15) is 33.7 Å². The van der Waals surface area contributed by atoms with Crippen LogP contribution in [0.4, 0.5) is 0 Å². The summed E-state index contributed by atoms with van der Waals surface area (Å²) in [7, 11) is -17.1. The van der Waals surface area contributed by atoms with Gasteiger partial charge in [0.25, 0.3) is 0 Å². The second kappa shape index (κ2) is 11.3. The minimum atomic E-state index is -4.38. The van der Waals surface area contributed by atoms with Gasteiger partial charge in [0, 0.05) is 0 Å². The maximum absolute atomic E-state index is 12.9. The van der Waals surface area contributed by atoms with Crippen LogP contribution in [0.15, 0.2) is 117 Å². The third kappa shape index (κ3) is 7.33. The molecule has 14 heteroatoms. The number of rotatable bonds is 10. The lowest BCUT2D eigenvalue weighted by molar-refractivity contribution is 0.484. The second-order valence-electron chi connectivity index (χ2n) is 8.99. The summed E-state index contributed by atoms with van der Waals surface area (Å²) in [4.78, 5) is -0.916. The molecule has 0 bridgehead atoms. The third-order valence-electron chi connectivity index (χ3n) is 5.71. The normalized spacial score (nSPS) is 12.5. The largest absolute Gasteiger partial charge is 0.379 e. The first-order chi connectivity index (χ1) is 19.1. The summed E-state index contributed by atoms with van der Waals surface area (Å²) in [5, 5.41) is -1.29. The molecular weight excluding hydrogens is 613 g/mol. The molecule has 4 rings (SSSR count). The molecule has 0 N–H and O–H groups in total. The van der Waals surface area contributed by atoms with Gasteiger partial charge in [-0.2, -0.15) is 16.8 Å². The molecule has 4 aromatic rings. The molecule has 0 atom stereocenters. The minimum absolute atomic E-state index is 0.0879. The van der Waals surface area contributed by atoms with E-state index in [2.05, 4.69) is 0 Å². The average molecular weight is 637 g/mol. The Labute approximate surface area is 239 Å². The van der Waals surface area contributed by atoms with Gasteiger partial charge in [-0.15, -0.1) is 0 Å². The van der Waals surface area contributed by atoms with Gasteiger partial charge in [-0.1, -0.05) is 35.4 Å². The van der Waals surface area contributed by atoms with Gasteiger partial charge in [-0.3, -0.25) is 0 Å². The van der Waals surface area contributed by atoms with Gasteiger partial charge >= 0.3 is 20.2 Å². The van der Waals surface area contributed by atoms with Crippen LogP contribution in [-0.4, -0.2) is 38.8 Å². The highest BCUT2D eigenvalue weighted by atomic mass is 32.3. The van der Waals surface area contributed by atoms with E-state index >= 15 is 0 Å². The highest BCUT2D eigenvalue weighted by Crippen LogP contribution is 2.26. The molecule has 4 aromatic carbocycles. The molecule has 0 heterocycles. The van der Waals surface area contributed by atoms with Crippen LogP contribution >= 0.6 is 0 Å². The van der Waals surface area contributed by atoms with Gasteiger partial charge in [-0.05, 0) is 86.6 Å². The van der Waals surface area contributed by atoms with E-state index in [0.717, 1.165) is 59.7 Å².